The van der Waals surface area contributed by atoms with Gasteiger partial charge in [0.05, 0.1) is 0 Å². The molecule has 0 bridgehead atoms. The number of piperazine rings is 1. The summed E-state index contributed by atoms with van der Waals surface area (Å²) in [7, 11) is 0. The second kappa shape index (κ2) is 5.99. The number of benzene rings is 1. The smallest absolute Gasteiger partial charge is 0.330 e. The van der Waals surface area contributed by atoms with E-state index >= 15 is 0 Å². The molecule has 1 N–H and O–H groups in total. The van der Waals surface area contributed by atoms with Crippen molar-refractivity contribution in [2.45, 2.75) is 6.61 Å². The Morgan fingerprint density at radius 2 is 2.00 bits per heavy atom. The van der Waals surface area contributed by atoms with Gasteiger partial charge in [0.25, 0.3) is 0 Å². The molecule has 1 aliphatic rings. The summed E-state index contributed by atoms with van der Waals surface area (Å²) in [5.74, 6) is 0. The minimum Gasteiger partial charge on any atom is -0.458 e. The van der Waals surface area contributed by atoms with Crippen molar-refractivity contribution in [2.75, 3.05) is 31.1 Å². The maximum absolute atomic E-state index is 5.61. The van der Waals surface area contributed by atoms with Crippen molar-refractivity contribution in [2.24, 2.45) is 0 Å². The highest BCUT2D eigenvalue weighted by Crippen LogP contribution is 2.21. The van der Waals surface area contributed by atoms with E-state index in [9.17, 15) is 0 Å². The number of ether oxygens (including phenoxy) is 1. The van der Waals surface area contributed by atoms with E-state index in [0.717, 1.165) is 36.9 Å². The number of anilines is 1. The number of aromatic nitrogens is 2. The molecule has 1 fully saturated rings. The Morgan fingerprint density at radius 1 is 1.21 bits per heavy atom. The van der Waals surface area contributed by atoms with Crippen molar-refractivity contribution in [1.82, 2.24) is 14.7 Å². The fourth-order valence-electron chi connectivity index (χ4n) is 1.97. The molecule has 1 aromatic carbocycles. The Morgan fingerprint density at radius 3 is 2.79 bits per heavy atom. The van der Waals surface area contributed by atoms with Crippen LogP contribution in [0.4, 0.5) is 5.13 Å². The van der Waals surface area contributed by atoms with Crippen molar-refractivity contribution < 1.29 is 4.74 Å². The van der Waals surface area contributed by atoms with Crippen LogP contribution in [0.5, 0.6) is 6.01 Å². The Labute approximate surface area is 116 Å². The van der Waals surface area contributed by atoms with Crippen LogP contribution < -0.4 is 15.0 Å². The van der Waals surface area contributed by atoms with Crippen molar-refractivity contribution in [3.8, 4) is 6.01 Å². The molecule has 0 saturated carbocycles. The average Bonchev–Trinajstić information content (AvgIpc) is 2.96. The predicted molar refractivity (Wildman–Crippen MR) is 75.8 cm³/mol. The molecule has 3 rings (SSSR count). The summed E-state index contributed by atoms with van der Waals surface area (Å²) in [4.78, 5) is 6.67. The molecule has 0 spiro atoms. The van der Waals surface area contributed by atoms with Crippen LogP contribution in [-0.4, -0.2) is 35.5 Å². The zero-order valence-corrected chi connectivity index (χ0v) is 11.4. The Bertz CT molecular complexity index is 510. The van der Waals surface area contributed by atoms with Gasteiger partial charge < -0.3 is 15.0 Å². The standard InChI is InChI=1S/C13H16N4OS/c1-2-4-11(5-3-1)10-18-12-15-13(19-16-12)17-8-6-14-7-9-17/h1-5,14H,6-10H2. The molecule has 0 aliphatic carbocycles. The molecule has 6 heteroatoms. The van der Waals surface area contributed by atoms with Gasteiger partial charge >= 0.3 is 6.01 Å². The van der Waals surface area contributed by atoms with Gasteiger partial charge in [-0.1, -0.05) is 30.3 Å². The van der Waals surface area contributed by atoms with Crippen molar-refractivity contribution in [3.05, 3.63) is 35.9 Å². The monoisotopic (exact) mass is 276 g/mol. The minimum atomic E-state index is 0.474. The molecule has 1 saturated heterocycles. The summed E-state index contributed by atoms with van der Waals surface area (Å²) in [6, 6.07) is 10.5. The SMILES string of the molecule is c1ccc(COc2nsc(N3CCNCC3)n2)cc1. The van der Waals surface area contributed by atoms with Crippen LogP contribution in [0.15, 0.2) is 30.3 Å². The molecular weight excluding hydrogens is 260 g/mol. The maximum atomic E-state index is 5.61. The van der Waals surface area contributed by atoms with Crippen molar-refractivity contribution >= 4 is 16.7 Å². The number of hydrogen-bond donors (Lipinski definition) is 1. The van der Waals surface area contributed by atoms with Gasteiger partial charge in [-0.15, -0.1) is 4.37 Å². The highest BCUT2D eigenvalue weighted by molar-refractivity contribution is 7.09. The lowest BCUT2D eigenvalue weighted by Gasteiger charge is -2.26. The van der Waals surface area contributed by atoms with Gasteiger partial charge in [-0.25, -0.2) is 0 Å². The molecule has 0 amide bonds. The Balaban J connectivity index is 1.58. The predicted octanol–water partition coefficient (Wildman–Crippen LogP) is 1.53. The first kappa shape index (κ1) is 12.4. The topological polar surface area (TPSA) is 50.3 Å². The molecule has 2 heterocycles. The molecule has 100 valence electrons. The average molecular weight is 276 g/mol. The number of rotatable bonds is 4. The summed E-state index contributed by atoms with van der Waals surface area (Å²) < 4.78 is 9.86. The van der Waals surface area contributed by atoms with Crippen LogP contribution >= 0.6 is 11.5 Å². The molecule has 1 aliphatic heterocycles. The third-order valence-corrected chi connectivity index (χ3v) is 3.76. The molecular formula is C13H16N4OS. The van der Waals surface area contributed by atoms with Crippen LogP contribution in [-0.2, 0) is 6.61 Å². The zero-order valence-electron chi connectivity index (χ0n) is 10.6. The molecule has 2 aromatic rings. The highest BCUT2D eigenvalue weighted by atomic mass is 32.1. The van der Waals surface area contributed by atoms with Gasteiger partial charge in [0, 0.05) is 37.7 Å². The third-order valence-electron chi connectivity index (χ3n) is 2.99. The van der Waals surface area contributed by atoms with E-state index in [0.29, 0.717) is 12.6 Å². The largest absolute Gasteiger partial charge is 0.458 e. The van der Waals surface area contributed by atoms with E-state index in [-0.39, 0.29) is 0 Å². The zero-order chi connectivity index (χ0) is 12.9. The van der Waals surface area contributed by atoms with E-state index in [4.69, 9.17) is 4.74 Å². The van der Waals surface area contributed by atoms with Crippen molar-refractivity contribution in [3.63, 3.8) is 0 Å². The van der Waals surface area contributed by atoms with Crippen LogP contribution in [0.1, 0.15) is 5.56 Å². The Hall–Kier alpha value is -1.66. The molecule has 19 heavy (non-hydrogen) atoms. The summed E-state index contributed by atoms with van der Waals surface area (Å²) in [5.41, 5.74) is 1.13. The fourth-order valence-corrected chi connectivity index (χ4v) is 2.64. The first-order chi connectivity index (χ1) is 9.42. The molecule has 0 radical (unpaired) electrons. The third kappa shape index (κ3) is 3.21. The van der Waals surface area contributed by atoms with Gasteiger partial charge in [0.2, 0.25) is 5.13 Å². The quantitative estimate of drug-likeness (QED) is 0.917. The van der Waals surface area contributed by atoms with Crippen molar-refractivity contribution in [1.29, 1.82) is 0 Å². The lowest BCUT2D eigenvalue weighted by Crippen LogP contribution is -2.43. The van der Waals surface area contributed by atoms with Gasteiger partial charge in [0.15, 0.2) is 0 Å². The molecule has 0 unspecified atom stereocenters. The highest BCUT2D eigenvalue weighted by Gasteiger charge is 2.15. The van der Waals surface area contributed by atoms with E-state index in [1.807, 2.05) is 30.3 Å². The first-order valence-corrected chi connectivity index (χ1v) is 7.15. The van der Waals surface area contributed by atoms with Gasteiger partial charge in [-0.2, -0.15) is 4.98 Å². The van der Waals surface area contributed by atoms with E-state index in [2.05, 4.69) is 19.6 Å². The summed E-state index contributed by atoms with van der Waals surface area (Å²) in [5, 5.41) is 4.27. The summed E-state index contributed by atoms with van der Waals surface area (Å²) >= 11 is 1.40. The van der Waals surface area contributed by atoms with Gasteiger partial charge in [-0.05, 0) is 5.56 Å². The normalized spacial score (nSPS) is 15.5. The van der Waals surface area contributed by atoms with Gasteiger partial charge in [0.1, 0.15) is 6.61 Å². The number of nitrogens with one attached hydrogen (secondary N) is 1. The molecule has 1 aromatic heterocycles. The maximum Gasteiger partial charge on any atom is 0.330 e. The summed E-state index contributed by atoms with van der Waals surface area (Å²) in [6.45, 7) is 4.47. The van der Waals surface area contributed by atoms with Crippen LogP contribution in [0.25, 0.3) is 0 Å². The van der Waals surface area contributed by atoms with Crippen LogP contribution in [0, 0.1) is 0 Å². The van der Waals surface area contributed by atoms with Crippen LogP contribution in [0.3, 0.4) is 0 Å². The molecule has 5 nitrogen and oxygen atoms in total. The van der Waals surface area contributed by atoms with Gasteiger partial charge in [-0.3, -0.25) is 0 Å². The summed E-state index contributed by atoms with van der Waals surface area (Å²) in [6.07, 6.45) is 0. The number of nitrogens with zero attached hydrogens (tertiary/aromatic N) is 3. The fraction of sp³-hybridized carbons (Fsp3) is 0.385. The van der Waals surface area contributed by atoms with E-state index in [1.54, 1.807) is 0 Å². The van der Waals surface area contributed by atoms with E-state index in [1.165, 1.54) is 11.5 Å². The minimum absolute atomic E-state index is 0.474. The van der Waals surface area contributed by atoms with Crippen LogP contribution in [0.2, 0.25) is 0 Å². The second-order valence-electron chi connectivity index (χ2n) is 4.37. The lowest BCUT2D eigenvalue weighted by atomic mass is 10.2. The number of hydrogen-bond acceptors (Lipinski definition) is 6. The molecule has 0 atom stereocenters. The van der Waals surface area contributed by atoms with E-state index < -0.39 is 0 Å². The first-order valence-electron chi connectivity index (χ1n) is 6.38. The second-order valence-corrected chi connectivity index (χ2v) is 5.10. The lowest BCUT2D eigenvalue weighted by molar-refractivity contribution is 0.285. The Kier molecular flexibility index (Phi) is 3.90.